The lowest BCUT2D eigenvalue weighted by atomic mass is 9.91. The van der Waals surface area contributed by atoms with Gasteiger partial charge in [0.25, 0.3) is 0 Å². The van der Waals surface area contributed by atoms with Gasteiger partial charge in [0, 0.05) is 38.6 Å². The molecule has 10 rings (SSSR count). The van der Waals surface area contributed by atoms with Crippen LogP contribution in [0.15, 0.2) is 194 Å². The van der Waals surface area contributed by atoms with E-state index in [9.17, 15) is 26.3 Å². The Balaban J connectivity index is 1.34. The fourth-order valence-corrected chi connectivity index (χ4v) is 8.40. The summed E-state index contributed by atoms with van der Waals surface area (Å²) in [5.41, 5.74) is 7.33. The molecule has 0 radical (unpaired) electrons. The van der Waals surface area contributed by atoms with Crippen molar-refractivity contribution in [1.29, 1.82) is 0 Å². The van der Waals surface area contributed by atoms with Crippen molar-refractivity contribution in [3.63, 3.8) is 0 Å². The number of nitrogens with zero attached hydrogens (tertiary/aromatic N) is 3. The van der Waals surface area contributed by atoms with E-state index in [1.54, 1.807) is 24.3 Å². The van der Waals surface area contributed by atoms with E-state index in [2.05, 4.69) is 6.07 Å². The first-order chi connectivity index (χ1) is 30.9. The van der Waals surface area contributed by atoms with E-state index in [0.717, 1.165) is 62.9 Å². The molecule has 2 heterocycles. The highest BCUT2D eigenvalue weighted by atomic mass is 19.4. The van der Waals surface area contributed by atoms with Crippen LogP contribution < -0.4 is 0 Å². The number of rotatable bonds is 7. The summed E-state index contributed by atoms with van der Waals surface area (Å²) in [6.45, 7) is 2.02. The van der Waals surface area contributed by atoms with Crippen LogP contribution in [-0.4, -0.2) is 14.5 Å². The first-order valence-corrected chi connectivity index (χ1v) is 20.5. The average molecular weight is 852 g/mol. The standard InChI is InChI=1S/C55H35F6N3/c1-34-22-24-35(25-23-34)38-26-27-51-47(30-38)44-20-8-9-21-50(44)64(51)52-45(39-16-10-18-42(28-39)54(56,57)58)31-41(32-46(52)40-17-11-19-43(29-40)55(59,60)61)53-62-48(36-12-4-2-5-13-36)33-49(63-53)37-14-6-3-7-15-37/h2-33H,1H3. The first-order valence-electron chi connectivity index (χ1n) is 20.5. The highest BCUT2D eigenvalue weighted by Gasteiger charge is 2.33. The molecule has 9 heteroatoms. The summed E-state index contributed by atoms with van der Waals surface area (Å²) in [6, 6.07) is 56.3. The normalized spacial score (nSPS) is 12.0. The quantitative estimate of drug-likeness (QED) is 0.150. The van der Waals surface area contributed by atoms with Gasteiger partial charge >= 0.3 is 12.4 Å². The molecule has 0 atom stereocenters. The molecule has 8 aromatic carbocycles. The topological polar surface area (TPSA) is 30.7 Å². The minimum atomic E-state index is -4.69. The van der Waals surface area contributed by atoms with Gasteiger partial charge in [-0.05, 0) is 89.8 Å². The predicted molar refractivity (Wildman–Crippen MR) is 244 cm³/mol. The van der Waals surface area contributed by atoms with Crippen LogP contribution in [0.5, 0.6) is 0 Å². The molecule has 0 N–H and O–H groups in total. The molecular weight excluding hydrogens is 817 g/mol. The molecule has 0 fully saturated rings. The number of aromatic nitrogens is 3. The van der Waals surface area contributed by atoms with Crippen molar-refractivity contribution in [2.75, 3.05) is 0 Å². The Hall–Kier alpha value is -7.78. The van der Waals surface area contributed by atoms with Crippen molar-refractivity contribution in [1.82, 2.24) is 14.5 Å². The summed E-state index contributed by atoms with van der Waals surface area (Å²) in [5, 5.41) is 1.71. The van der Waals surface area contributed by atoms with Crippen LogP contribution >= 0.6 is 0 Å². The number of halogens is 6. The number of benzene rings is 8. The van der Waals surface area contributed by atoms with E-state index in [1.807, 2.05) is 139 Å². The van der Waals surface area contributed by atoms with Crippen LogP contribution in [0.1, 0.15) is 16.7 Å². The summed E-state index contributed by atoms with van der Waals surface area (Å²) >= 11 is 0. The van der Waals surface area contributed by atoms with E-state index in [4.69, 9.17) is 9.97 Å². The van der Waals surface area contributed by atoms with E-state index < -0.39 is 23.5 Å². The molecule has 2 aromatic heterocycles. The zero-order valence-corrected chi connectivity index (χ0v) is 34.1. The molecule has 0 spiro atoms. The van der Waals surface area contributed by atoms with Gasteiger partial charge in [-0.3, -0.25) is 0 Å². The molecule has 0 saturated heterocycles. The van der Waals surface area contributed by atoms with Crippen molar-refractivity contribution in [3.8, 4) is 73.0 Å². The Morgan fingerprint density at radius 2 is 0.859 bits per heavy atom. The van der Waals surface area contributed by atoms with Crippen molar-refractivity contribution >= 4 is 21.8 Å². The number of hydrogen-bond donors (Lipinski definition) is 0. The zero-order valence-electron chi connectivity index (χ0n) is 34.1. The molecule has 0 bridgehead atoms. The first kappa shape index (κ1) is 40.3. The van der Waals surface area contributed by atoms with Crippen molar-refractivity contribution in [2.24, 2.45) is 0 Å². The van der Waals surface area contributed by atoms with Crippen LogP contribution in [-0.2, 0) is 12.4 Å². The van der Waals surface area contributed by atoms with E-state index in [-0.39, 0.29) is 17.0 Å². The lowest BCUT2D eigenvalue weighted by Crippen LogP contribution is -2.07. The summed E-state index contributed by atoms with van der Waals surface area (Å²) in [4.78, 5) is 10.1. The van der Waals surface area contributed by atoms with Crippen LogP contribution in [0, 0.1) is 6.92 Å². The fourth-order valence-electron chi connectivity index (χ4n) is 8.40. The maximum Gasteiger partial charge on any atom is 0.416 e. The molecule has 10 aromatic rings. The highest BCUT2D eigenvalue weighted by molar-refractivity contribution is 6.12. The van der Waals surface area contributed by atoms with Gasteiger partial charge in [0.2, 0.25) is 0 Å². The Bertz CT molecular complexity index is 3220. The monoisotopic (exact) mass is 851 g/mol. The number of para-hydroxylation sites is 1. The fraction of sp³-hybridized carbons (Fsp3) is 0.0545. The lowest BCUT2D eigenvalue weighted by molar-refractivity contribution is -0.138. The zero-order chi connectivity index (χ0) is 44.2. The van der Waals surface area contributed by atoms with Gasteiger partial charge < -0.3 is 4.57 Å². The Labute approximate surface area is 364 Å². The molecule has 0 unspecified atom stereocenters. The maximum absolute atomic E-state index is 14.6. The van der Waals surface area contributed by atoms with Gasteiger partial charge in [0.15, 0.2) is 5.82 Å². The third-order valence-electron chi connectivity index (χ3n) is 11.5. The van der Waals surface area contributed by atoms with Gasteiger partial charge in [-0.2, -0.15) is 26.3 Å². The predicted octanol–water partition coefficient (Wildman–Crippen LogP) is 15.9. The van der Waals surface area contributed by atoms with Crippen LogP contribution in [0.2, 0.25) is 0 Å². The number of alkyl halides is 6. The van der Waals surface area contributed by atoms with Crippen LogP contribution in [0.3, 0.4) is 0 Å². The van der Waals surface area contributed by atoms with Crippen LogP contribution in [0.25, 0.3) is 94.8 Å². The maximum atomic E-state index is 14.6. The molecule has 0 amide bonds. The molecular formula is C55H35F6N3. The Morgan fingerprint density at radius 1 is 0.375 bits per heavy atom. The second-order valence-corrected chi connectivity index (χ2v) is 15.7. The van der Waals surface area contributed by atoms with E-state index in [0.29, 0.717) is 44.8 Å². The molecule has 312 valence electrons. The van der Waals surface area contributed by atoms with E-state index >= 15 is 0 Å². The summed E-state index contributed by atoms with van der Waals surface area (Å²) in [7, 11) is 0. The highest BCUT2D eigenvalue weighted by Crippen LogP contribution is 2.46. The van der Waals surface area contributed by atoms with Crippen molar-refractivity contribution in [3.05, 3.63) is 211 Å². The molecule has 0 aliphatic rings. The SMILES string of the molecule is Cc1ccc(-c2ccc3c(c2)c2ccccc2n3-c2c(-c3cccc(C(F)(F)F)c3)cc(-c3nc(-c4ccccc4)cc(-c4ccccc4)n3)cc2-c2cccc(C(F)(F)F)c2)cc1. The van der Waals surface area contributed by atoms with E-state index in [1.165, 1.54) is 12.1 Å². The van der Waals surface area contributed by atoms with Gasteiger partial charge in [-0.15, -0.1) is 0 Å². The second-order valence-electron chi connectivity index (χ2n) is 15.7. The molecule has 3 nitrogen and oxygen atoms in total. The molecule has 0 aliphatic carbocycles. The number of fused-ring (bicyclic) bond motifs is 3. The average Bonchev–Trinajstić information content (AvgIpc) is 3.64. The lowest BCUT2D eigenvalue weighted by Gasteiger charge is -2.22. The summed E-state index contributed by atoms with van der Waals surface area (Å²) in [5.74, 6) is 0.234. The smallest absolute Gasteiger partial charge is 0.308 e. The molecule has 64 heavy (non-hydrogen) atoms. The van der Waals surface area contributed by atoms with Gasteiger partial charge in [0.05, 0.1) is 39.2 Å². The molecule has 0 saturated carbocycles. The molecule has 0 aliphatic heterocycles. The van der Waals surface area contributed by atoms with Crippen LogP contribution in [0.4, 0.5) is 26.3 Å². The third-order valence-corrected chi connectivity index (χ3v) is 11.5. The minimum Gasteiger partial charge on any atom is -0.308 e. The Kier molecular flexibility index (Phi) is 9.98. The number of aryl methyl sites for hydroxylation is 1. The third kappa shape index (κ3) is 7.59. The van der Waals surface area contributed by atoms with Crippen molar-refractivity contribution < 1.29 is 26.3 Å². The second kappa shape index (κ2) is 15.8. The Morgan fingerprint density at radius 3 is 1.41 bits per heavy atom. The minimum absolute atomic E-state index is 0.199. The van der Waals surface area contributed by atoms with Gasteiger partial charge in [0.1, 0.15) is 0 Å². The largest absolute Gasteiger partial charge is 0.416 e. The van der Waals surface area contributed by atoms with Gasteiger partial charge in [-0.1, -0.05) is 139 Å². The van der Waals surface area contributed by atoms with Gasteiger partial charge in [-0.25, -0.2) is 9.97 Å². The van der Waals surface area contributed by atoms with Crippen molar-refractivity contribution in [2.45, 2.75) is 19.3 Å². The summed E-state index contributed by atoms with van der Waals surface area (Å²) in [6.07, 6.45) is -9.37. The number of hydrogen-bond acceptors (Lipinski definition) is 2. The summed E-state index contributed by atoms with van der Waals surface area (Å²) < 4.78 is 89.5.